The second-order valence-electron chi connectivity index (χ2n) is 6.91. The highest BCUT2D eigenvalue weighted by Gasteiger charge is 2.28. The van der Waals surface area contributed by atoms with Gasteiger partial charge >= 0.3 is 0 Å². The van der Waals surface area contributed by atoms with Gasteiger partial charge in [0.1, 0.15) is 5.69 Å². The molecule has 0 aliphatic carbocycles. The van der Waals surface area contributed by atoms with Crippen molar-refractivity contribution in [1.82, 2.24) is 15.2 Å². The minimum Gasteiger partial charge on any atom is -0.373 e. The van der Waals surface area contributed by atoms with E-state index in [2.05, 4.69) is 27.3 Å². The fourth-order valence-electron chi connectivity index (χ4n) is 3.33. The summed E-state index contributed by atoms with van der Waals surface area (Å²) in [6.45, 7) is 5.14. The molecule has 0 saturated carbocycles. The predicted octanol–water partition coefficient (Wildman–Crippen LogP) is 1.59. The summed E-state index contributed by atoms with van der Waals surface area (Å²) in [6.07, 6.45) is 1.97. The van der Waals surface area contributed by atoms with Crippen LogP contribution in [-0.4, -0.2) is 53.5 Å². The van der Waals surface area contributed by atoms with Crippen LogP contribution in [0.5, 0.6) is 0 Å². The lowest BCUT2D eigenvalue weighted by atomic mass is 10.1. The molecule has 148 valence electrons. The second-order valence-corrected chi connectivity index (χ2v) is 6.91. The van der Waals surface area contributed by atoms with Gasteiger partial charge in [-0.1, -0.05) is 37.3 Å². The average molecular weight is 382 g/mol. The van der Waals surface area contributed by atoms with Crippen LogP contribution in [0.15, 0.2) is 48.7 Å². The highest BCUT2D eigenvalue weighted by Crippen LogP contribution is 2.15. The first kappa shape index (κ1) is 20.0. The number of nitrogens with zero attached hydrogens (tertiary/aromatic N) is 2. The molecular weight excluding hydrogens is 356 g/mol. The molecule has 1 aromatic carbocycles. The molecular formula is C21H26N4O3. The van der Waals surface area contributed by atoms with Gasteiger partial charge in [0.15, 0.2) is 0 Å². The van der Waals surface area contributed by atoms with Crippen LogP contribution >= 0.6 is 0 Å². The summed E-state index contributed by atoms with van der Waals surface area (Å²) < 4.78 is 5.95. The number of hydrogen-bond acceptors (Lipinski definition) is 5. The Balaban J connectivity index is 1.60. The highest BCUT2D eigenvalue weighted by molar-refractivity contribution is 5.95. The number of pyridine rings is 1. The molecule has 28 heavy (non-hydrogen) atoms. The molecule has 2 aromatic rings. The lowest BCUT2D eigenvalue weighted by Gasteiger charge is -2.37. The fraction of sp³-hybridized carbons (Fsp3) is 0.381. The predicted molar refractivity (Wildman–Crippen MR) is 106 cm³/mol. The third-order valence-corrected chi connectivity index (χ3v) is 4.91. The van der Waals surface area contributed by atoms with E-state index in [4.69, 9.17) is 10.5 Å². The first-order valence-corrected chi connectivity index (χ1v) is 9.51. The monoisotopic (exact) mass is 382 g/mol. The summed E-state index contributed by atoms with van der Waals surface area (Å²) in [6, 6.07) is 13.2. The number of aromatic nitrogens is 1. The van der Waals surface area contributed by atoms with E-state index in [1.807, 2.05) is 25.1 Å². The summed E-state index contributed by atoms with van der Waals surface area (Å²) in [5.41, 5.74) is 6.99. The average Bonchev–Trinajstić information content (AvgIpc) is 2.73. The Morgan fingerprint density at radius 3 is 2.71 bits per heavy atom. The second kappa shape index (κ2) is 9.43. The Morgan fingerprint density at radius 2 is 2.07 bits per heavy atom. The first-order valence-electron chi connectivity index (χ1n) is 9.51. The SMILES string of the molecule is CC[C@H](NC(=O)c1ccc(C(N)=O)cn1)[C@@H]1CN(Cc2ccccc2)CCO1. The van der Waals surface area contributed by atoms with Gasteiger partial charge in [-0.25, -0.2) is 0 Å². The summed E-state index contributed by atoms with van der Waals surface area (Å²) in [5.74, 6) is -0.855. The maximum absolute atomic E-state index is 12.6. The minimum atomic E-state index is -0.569. The van der Waals surface area contributed by atoms with Crippen LogP contribution in [0.1, 0.15) is 39.8 Å². The van der Waals surface area contributed by atoms with E-state index >= 15 is 0 Å². The van der Waals surface area contributed by atoms with Crippen molar-refractivity contribution in [2.24, 2.45) is 5.73 Å². The van der Waals surface area contributed by atoms with Crippen LogP contribution in [0.2, 0.25) is 0 Å². The molecule has 1 aliphatic rings. The van der Waals surface area contributed by atoms with Gasteiger partial charge < -0.3 is 15.8 Å². The van der Waals surface area contributed by atoms with Crippen molar-refractivity contribution in [1.29, 1.82) is 0 Å². The number of nitrogens with two attached hydrogens (primary N) is 1. The molecule has 3 N–H and O–H groups in total. The van der Waals surface area contributed by atoms with Gasteiger partial charge in [-0.3, -0.25) is 19.5 Å². The number of carbonyl (C=O) groups excluding carboxylic acids is 2. The van der Waals surface area contributed by atoms with Crippen LogP contribution in [-0.2, 0) is 11.3 Å². The Hall–Kier alpha value is -2.77. The summed E-state index contributed by atoms with van der Waals surface area (Å²) in [4.78, 5) is 30.1. The zero-order chi connectivity index (χ0) is 19.9. The van der Waals surface area contributed by atoms with Gasteiger partial charge in [0, 0.05) is 25.8 Å². The molecule has 2 heterocycles. The summed E-state index contributed by atoms with van der Waals surface area (Å²) in [5, 5.41) is 3.02. The van der Waals surface area contributed by atoms with Gasteiger partial charge in [-0.05, 0) is 24.1 Å². The molecule has 1 aromatic heterocycles. The number of primary amides is 1. The number of morpholine rings is 1. The molecule has 1 fully saturated rings. The van der Waals surface area contributed by atoms with Crippen molar-refractivity contribution in [3.05, 3.63) is 65.5 Å². The molecule has 1 saturated heterocycles. The molecule has 1 aliphatic heterocycles. The number of carbonyl (C=O) groups is 2. The van der Waals surface area contributed by atoms with Crippen LogP contribution in [0.4, 0.5) is 0 Å². The normalized spacial score (nSPS) is 18.4. The lowest BCUT2D eigenvalue weighted by molar-refractivity contribution is -0.0483. The highest BCUT2D eigenvalue weighted by atomic mass is 16.5. The van der Waals surface area contributed by atoms with E-state index in [9.17, 15) is 9.59 Å². The smallest absolute Gasteiger partial charge is 0.270 e. The molecule has 0 bridgehead atoms. The Kier molecular flexibility index (Phi) is 6.73. The first-order chi connectivity index (χ1) is 13.6. The number of amides is 2. The van der Waals surface area contributed by atoms with Crippen molar-refractivity contribution in [2.45, 2.75) is 32.0 Å². The number of rotatable bonds is 7. The molecule has 7 heteroatoms. The third kappa shape index (κ3) is 5.15. The molecule has 2 amide bonds. The largest absolute Gasteiger partial charge is 0.373 e. The van der Waals surface area contributed by atoms with Crippen molar-refractivity contribution in [2.75, 3.05) is 19.7 Å². The molecule has 0 spiro atoms. The van der Waals surface area contributed by atoms with E-state index in [0.29, 0.717) is 6.61 Å². The Morgan fingerprint density at radius 1 is 1.29 bits per heavy atom. The van der Waals surface area contributed by atoms with Crippen molar-refractivity contribution < 1.29 is 14.3 Å². The molecule has 3 rings (SSSR count). The maximum atomic E-state index is 12.6. The Labute approximate surface area is 164 Å². The third-order valence-electron chi connectivity index (χ3n) is 4.91. The van der Waals surface area contributed by atoms with Gasteiger partial charge in [0.25, 0.3) is 5.91 Å². The van der Waals surface area contributed by atoms with Gasteiger partial charge in [-0.2, -0.15) is 0 Å². The van der Waals surface area contributed by atoms with Gasteiger partial charge in [-0.15, -0.1) is 0 Å². The van der Waals surface area contributed by atoms with Crippen LogP contribution < -0.4 is 11.1 Å². The van der Waals surface area contributed by atoms with Crippen molar-refractivity contribution in [3.63, 3.8) is 0 Å². The number of nitrogens with one attached hydrogen (secondary N) is 1. The fourth-order valence-corrected chi connectivity index (χ4v) is 3.33. The molecule has 2 atom stereocenters. The number of benzene rings is 1. The standard InChI is InChI=1S/C21H26N4O3/c1-2-17(24-21(27)18-9-8-16(12-23-18)20(22)26)19-14-25(10-11-28-19)13-15-6-4-3-5-7-15/h3-9,12,17,19H,2,10-11,13-14H2,1H3,(H2,22,26)(H,24,27)/t17-,19-/m0/s1. The Bertz CT molecular complexity index is 795. The van der Waals surface area contributed by atoms with E-state index in [-0.39, 0.29) is 29.3 Å². The van der Waals surface area contributed by atoms with Crippen LogP contribution in [0, 0.1) is 0 Å². The number of hydrogen-bond donors (Lipinski definition) is 2. The quantitative estimate of drug-likeness (QED) is 0.758. The van der Waals surface area contributed by atoms with E-state index in [1.165, 1.54) is 23.9 Å². The van der Waals surface area contributed by atoms with Crippen LogP contribution in [0.25, 0.3) is 0 Å². The van der Waals surface area contributed by atoms with Crippen molar-refractivity contribution >= 4 is 11.8 Å². The van der Waals surface area contributed by atoms with Crippen molar-refractivity contribution in [3.8, 4) is 0 Å². The summed E-state index contributed by atoms with van der Waals surface area (Å²) in [7, 11) is 0. The molecule has 7 nitrogen and oxygen atoms in total. The topological polar surface area (TPSA) is 97.5 Å². The van der Waals surface area contributed by atoms with E-state index < -0.39 is 5.91 Å². The van der Waals surface area contributed by atoms with Gasteiger partial charge in [0.2, 0.25) is 5.91 Å². The zero-order valence-corrected chi connectivity index (χ0v) is 16.0. The maximum Gasteiger partial charge on any atom is 0.270 e. The zero-order valence-electron chi connectivity index (χ0n) is 16.0. The summed E-state index contributed by atoms with van der Waals surface area (Å²) >= 11 is 0. The van der Waals surface area contributed by atoms with Crippen LogP contribution in [0.3, 0.4) is 0 Å². The molecule has 0 radical (unpaired) electrons. The lowest BCUT2D eigenvalue weighted by Crippen LogP contribution is -2.53. The molecule has 0 unspecified atom stereocenters. The number of ether oxygens (including phenoxy) is 1. The van der Waals surface area contributed by atoms with E-state index in [1.54, 1.807) is 0 Å². The van der Waals surface area contributed by atoms with E-state index in [0.717, 1.165) is 26.1 Å². The minimum absolute atomic E-state index is 0.0868. The van der Waals surface area contributed by atoms with Gasteiger partial charge in [0.05, 0.1) is 24.3 Å².